The number of rotatable bonds is 3. The van der Waals surface area contributed by atoms with Crippen molar-refractivity contribution >= 4 is 39.7 Å². The predicted octanol–water partition coefficient (Wildman–Crippen LogP) is 5.54. The zero-order chi connectivity index (χ0) is 20.9. The van der Waals surface area contributed by atoms with E-state index in [9.17, 15) is 4.79 Å². The van der Waals surface area contributed by atoms with Crippen LogP contribution in [0, 0.1) is 6.92 Å². The normalized spacial score (nSPS) is 20.1. The number of likely N-dealkylation sites (tertiary alicyclic amines) is 1. The molecule has 0 radical (unpaired) electrons. The molecule has 1 amide bonds. The van der Waals surface area contributed by atoms with E-state index >= 15 is 0 Å². The van der Waals surface area contributed by atoms with Crippen LogP contribution in [0.25, 0.3) is 0 Å². The monoisotopic (exact) mass is 439 g/mol. The molecular formula is C23H22ClN3O2S. The summed E-state index contributed by atoms with van der Waals surface area (Å²) in [5.74, 6) is 1.78. The Bertz CT molecular complexity index is 1130. The smallest absolute Gasteiger partial charge is 0.219 e. The maximum Gasteiger partial charge on any atom is 0.219 e. The van der Waals surface area contributed by atoms with Crippen molar-refractivity contribution in [2.45, 2.75) is 25.7 Å². The van der Waals surface area contributed by atoms with Crippen molar-refractivity contribution in [1.82, 2.24) is 9.88 Å². The van der Waals surface area contributed by atoms with E-state index in [-0.39, 0.29) is 11.3 Å². The Hall–Kier alpha value is -2.57. The molecule has 30 heavy (non-hydrogen) atoms. The first-order chi connectivity index (χ1) is 14.4. The molecule has 2 aromatic carbocycles. The summed E-state index contributed by atoms with van der Waals surface area (Å²) in [5, 5.41) is 0.881. The predicted molar refractivity (Wildman–Crippen MR) is 120 cm³/mol. The van der Waals surface area contributed by atoms with E-state index in [0.29, 0.717) is 10.9 Å². The number of para-hydroxylation sites is 1. The van der Waals surface area contributed by atoms with Crippen LogP contribution in [0.5, 0.6) is 11.5 Å². The van der Waals surface area contributed by atoms with Gasteiger partial charge in [0, 0.05) is 37.7 Å². The fourth-order valence-corrected chi connectivity index (χ4v) is 5.46. The second-order valence-electron chi connectivity index (χ2n) is 8.05. The van der Waals surface area contributed by atoms with Gasteiger partial charge in [0.25, 0.3) is 0 Å². The third-order valence-electron chi connectivity index (χ3n) is 6.11. The first-order valence-corrected chi connectivity index (χ1v) is 11.2. The first kappa shape index (κ1) is 19.4. The molecule has 5 nitrogen and oxygen atoms in total. The van der Waals surface area contributed by atoms with Crippen molar-refractivity contribution in [3.8, 4) is 11.5 Å². The quantitative estimate of drug-likeness (QED) is 0.537. The molecule has 2 aliphatic rings. The van der Waals surface area contributed by atoms with E-state index in [4.69, 9.17) is 16.3 Å². The molecule has 1 unspecified atom stereocenters. The Morgan fingerprint density at radius 3 is 2.77 bits per heavy atom. The molecule has 0 N–H and O–H groups in total. The van der Waals surface area contributed by atoms with Gasteiger partial charge in [-0.2, -0.15) is 0 Å². The molecule has 1 spiro atoms. The number of benzene rings is 2. The lowest BCUT2D eigenvalue weighted by Gasteiger charge is -2.25. The molecule has 1 atom stereocenters. The molecule has 1 aromatic heterocycles. The standard InChI is InChI=1S/C23H22ClN3O2S/c1-15-5-3-4-6-20(15)29-17-7-8-19-18(11-17)23(9-10-26(13-23)16(2)28)14-27(19)22-25-12-21(24)30-22/h3-8,11-12H,9-10,13-14H2,1-2H3. The average Bonchev–Trinajstić information content (AvgIpc) is 3.43. The first-order valence-electron chi connectivity index (χ1n) is 9.98. The summed E-state index contributed by atoms with van der Waals surface area (Å²) in [6.45, 7) is 5.94. The fourth-order valence-electron chi connectivity index (χ4n) is 4.54. The molecule has 5 rings (SSSR count). The minimum atomic E-state index is -0.135. The third kappa shape index (κ3) is 3.24. The number of carbonyl (C=O) groups is 1. The topological polar surface area (TPSA) is 45.7 Å². The van der Waals surface area contributed by atoms with Crippen LogP contribution in [0.3, 0.4) is 0 Å². The Labute approximate surface area is 184 Å². The van der Waals surface area contributed by atoms with Crippen LogP contribution in [0.15, 0.2) is 48.7 Å². The zero-order valence-corrected chi connectivity index (χ0v) is 18.5. The van der Waals surface area contributed by atoms with Gasteiger partial charge in [-0.3, -0.25) is 4.79 Å². The molecule has 1 saturated heterocycles. The molecule has 3 aromatic rings. The molecule has 0 bridgehead atoms. The highest BCUT2D eigenvalue weighted by Crippen LogP contribution is 2.51. The van der Waals surface area contributed by atoms with Crippen LogP contribution < -0.4 is 9.64 Å². The van der Waals surface area contributed by atoms with Crippen LogP contribution in [0.1, 0.15) is 24.5 Å². The Morgan fingerprint density at radius 1 is 1.23 bits per heavy atom. The fraction of sp³-hybridized carbons (Fsp3) is 0.304. The second-order valence-corrected chi connectivity index (χ2v) is 9.69. The second kappa shape index (κ2) is 7.29. The van der Waals surface area contributed by atoms with Crippen molar-refractivity contribution in [2.24, 2.45) is 0 Å². The summed E-state index contributed by atoms with van der Waals surface area (Å²) in [7, 11) is 0. The van der Waals surface area contributed by atoms with Crippen LogP contribution in [0.2, 0.25) is 4.34 Å². The molecule has 154 valence electrons. The number of thiazole rings is 1. The van der Waals surface area contributed by atoms with Crippen molar-refractivity contribution < 1.29 is 9.53 Å². The zero-order valence-electron chi connectivity index (χ0n) is 16.9. The number of anilines is 2. The molecular weight excluding hydrogens is 418 g/mol. The van der Waals surface area contributed by atoms with Gasteiger partial charge in [0.15, 0.2) is 5.13 Å². The van der Waals surface area contributed by atoms with E-state index < -0.39 is 0 Å². The molecule has 1 fully saturated rings. The van der Waals surface area contributed by atoms with E-state index in [1.54, 1.807) is 13.1 Å². The number of carbonyl (C=O) groups excluding carboxylic acids is 1. The molecule has 3 heterocycles. The van der Waals surface area contributed by atoms with Crippen LogP contribution in [-0.4, -0.2) is 35.4 Å². The van der Waals surface area contributed by atoms with Crippen molar-refractivity contribution in [3.63, 3.8) is 0 Å². The molecule has 0 aliphatic carbocycles. The Morgan fingerprint density at radius 2 is 2.07 bits per heavy atom. The van der Waals surface area contributed by atoms with Crippen LogP contribution in [-0.2, 0) is 10.2 Å². The number of hydrogen-bond donors (Lipinski definition) is 0. The summed E-state index contributed by atoms with van der Waals surface area (Å²) < 4.78 is 6.89. The number of aryl methyl sites for hydroxylation is 1. The van der Waals surface area contributed by atoms with Gasteiger partial charge >= 0.3 is 0 Å². The van der Waals surface area contributed by atoms with Crippen molar-refractivity contribution in [2.75, 3.05) is 24.5 Å². The number of hydrogen-bond acceptors (Lipinski definition) is 5. The number of fused-ring (bicyclic) bond motifs is 2. The number of halogens is 1. The third-order valence-corrected chi connectivity index (χ3v) is 7.25. The summed E-state index contributed by atoms with van der Waals surface area (Å²) >= 11 is 7.64. The summed E-state index contributed by atoms with van der Waals surface area (Å²) in [4.78, 5) is 20.7. The van der Waals surface area contributed by atoms with Crippen molar-refractivity contribution in [3.05, 3.63) is 64.1 Å². The van der Waals surface area contributed by atoms with Gasteiger partial charge in [0.05, 0.1) is 6.20 Å². The lowest BCUT2D eigenvalue weighted by atomic mass is 9.81. The molecule has 7 heteroatoms. The number of nitrogens with zero attached hydrogens (tertiary/aromatic N) is 3. The lowest BCUT2D eigenvalue weighted by molar-refractivity contribution is -0.127. The van der Waals surface area contributed by atoms with E-state index in [1.165, 1.54) is 16.9 Å². The maximum absolute atomic E-state index is 12.1. The summed E-state index contributed by atoms with van der Waals surface area (Å²) in [6.07, 6.45) is 2.61. The lowest BCUT2D eigenvalue weighted by Crippen LogP contribution is -2.36. The minimum absolute atomic E-state index is 0.122. The highest BCUT2D eigenvalue weighted by molar-refractivity contribution is 7.19. The minimum Gasteiger partial charge on any atom is -0.457 e. The number of amides is 1. The SMILES string of the molecule is CC(=O)N1CCC2(C1)CN(c1ncc(Cl)s1)c1ccc(Oc3ccccc3C)cc12. The van der Waals surface area contributed by atoms with E-state index in [2.05, 4.69) is 22.0 Å². The largest absolute Gasteiger partial charge is 0.457 e. The Kier molecular flexibility index (Phi) is 4.71. The van der Waals surface area contributed by atoms with Gasteiger partial charge in [-0.25, -0.2) is 4.98 Å². The van der Waals surface area contributed by atoms with Gasteiger partial charge in [0.1, 0.15) is 15.8 Å². The van der Waals surface area contributed by atoms with Crippen LogP contribution >= 0.6 is 22.9 Å². The number of aromatic nitrogens is 1. The van der Waals surface area contributed by atoms with Gasteiger partial charge in [-0.05, 0) is 48.7 Å². The van der Waals surface area contributed by atoms with Crippen molar-refractivity contribution in [1.29, 1.82) is 0 Å². The molecule has 0 saturated carbocycles. The highest BCUT2D eigenvalue weighted by atomic mass is 35.5. The van der Waals surface area contributed by atoms with Gasteiger partial charge in [0.2, 0.25) is 5.91 Å². The summed E-state index contributed by atoms with van der Waals surface area (Å²) in [6, 6.07) is 14.3. The molecule has 2 aliphatic heterocycles. The maximum atomic E-state index is 12.1. The van der Waals surface area contributed by atoms with Crippen LogP contribution in [0.4, 0.5) is 10.8 Å². The van der Waals surface area contributed by atoms with Gasteiger partial charge in [-0.15, -0.1) is 0 Å². The highest BCUT2D eigenvalue weighted by Gasteiger charge is 2.49. The Balaban J connectivity index is 1.56. The van der Waals surface area contributed by atoms with Gasteiger partial charge < -0.3 is 14.5 Å². The number of ether oxygens (including phenoxy) is 1. The van der Waals surface area contributed by atoms with Gasteiger partial charge in [-0.1, -0.05) is 41.1 Å². The average molecular weight is 440 g/mol. The van der Waals surface area contributed by atoms with E-state index in [0.717, 1.165) is 47.4 Å². The van der Waals surface area contributed by atoms with E-state index in [1.807, 2.05) is 42.2 Å². The summed E-state index contributed by atoms with van der Waals surface area (Å²) in [5.41, 5.74) is 3.28.